The van der Waals surface area contributed by atoms with Gasteiger partial charge in [0.05, 0.1) is 16.7 Å². The van der Waals surface area contributed by atoms with Gasteiger partial charge >= 0.3 is 6.18 Å². The number of rotatable bonds is 7. The van der Waals surface area contributed by atoms with E-state index < -0.39 is 23.6 Å². The maximum atomic E-state index is 14.2. The van der Waals surface area contributed by atoms with Crippen LogP contribution in [0.1, 0.15) is 43.4 Å². The number of pyridine rings is 1. The molecule has 5 rings (SSSR count). The summed E-state index contributed by atoms with van der Waals surface area (Å²) in [4.78, 5) is 24.1. The minimum Gasteiger partial charge on any atom is -0.392 e. The molecule has 6 nitrogen and oxygen atoms in total. The average molecular weight is 555 g/mol. The van der Waals surface area contributed by atoms with Crippen molar-refractivity contribution in [2.75, 3.05) is 36.0 Å². The van der Waals surface area contributed by atoms with Crippen LogP contribution >= 0.6 is 11.6 Å². The Kier molecular flexibility index (Phi) is 7.59. The first-order valence-electron chi connectivity index (χ1n) is 13.0. The van der Waals surface area contributed by atoms with Gasteiger partial charge < -0.3 is 19.8 Å². The standard InChI is InChI=1S/C27H31ClF4N4O2/c1-16-11-18(27(30,31)32)13-24(33-16)36-20-4-3-17(12-20)25(36)26(38)35(19-5-6-23(29)22(28)14-19)9-2-8-34-10-7-21(37)15-34/h5-6,11,13-14,17,20-21,25,37H,2-4,7-10,12,15H2,1H3/t17-,20+,21+,25-/m0/s1. The van der Waals surface area contributed by atoms with Crippen LogP contribution in [-0.2, 0) is 11.0 Å². The van der Waals surface area contributed by atoms with E-state index in [1.54, 1.807) is 9.80 Å². The van der Waals surface area contributed by atoms with Crippen molar-refractivity contribution in [2.45, 2.75) is 63.4 Å². The first-order valence-corrected chi connectivity index (χ1v) is 13.4. The first-order chi connectivity index (χ1) is 18.0. The van der Waals surface area contributed by atoms with Gasteiger partial charge in [-0.25, -0.2) is 9.37 Å². The molecule has 1 aromatic heterocycles. The van der Waals surface area contributed by atoms with E-state index in [0.29, 0.717) is 44.6 Å². The summed E-state index contributed by atoms with van der Waals surface area (Å²) in [6, 6.07) is 5.42. The Labute approximate surface area is 224 Å². The van der Waals surface area contributed by atoms with Crippen molar-refractivity contribution >= 4 is 29.0 Å². The molecule has 1 amide bonds. The van der Waals surface area contributed by atoms with E-state index in [1.165, 1.54) is 25.1 Å². The summed E-state index contributed by atoms with van der Waals surface area (Å²) >= 11 is 6.07. The molecule has 2 saturated heterocycles. The number of hydrogen-bond acceptors (Lipinski definition) is 5. The topological polar surface area (TPSA) is 59.9 Å². The largest absolute Gasteiger partial charge is 0.416 e. The van der Waals surface area contributed by atoms with E-state index in [4.69, 9.17) is 11.6 Å². The number of aryl methyl sites for hydroxylation is 1. The summed E-state index contributed by atoms with van der Waals surface area (Å²) in [5.41, 5.74) is -0.110. The predicted molar refractivity (Wildman–Crippen MR) is 137 cm³/mol. The molecule has 2 bridgehead atoms. The van der Waals surface area contributed by atoms with Crippen LogP contribution in [0.5, 0.6) is 0 Å². The molecule has 2 aromatic rings. The molecule has 4 atom stereocenters. The number of hydrogen-bond donors (Lipinski definition) is 1. The molecule has 0 radical (unpaired) electrons. The summed E-state index contributed by atoms with van der Waals surface area (Å²) in [5.74, 6) is -0.709. The van der Waals surface area contributed by atoms with Gasteiger partial charge in [-0.05, 0) is 81.8 Å². The lowest BCUT2D eigenvalue weighted by molar-refractivity contribution is -0.137. The highest BCUT2D eigenvalue weighted by Crippen LogP contribution is 2.46. The smallest absolute Gasteiger partial charge is 0.392 e. The second-order valence-corrected chi connectivity index (χ2v) is 11.0. The van der Waals surface area contributed by atoms with Gasteiger partial charge in [0.2, 0.25) is 5.91 Å². The van der Waals surface area contributed by atoms with Gasteiger partial charge in [0.25, 0.3) is 0 Å². The molecule has 1 saturated carbocycles. The molecule has 1 aromatic carbocycles. The number of fused-ring (bicyclic) bond motifs is 2. The molecule has 11 heteroatoms. The van der Waals surface area contributed by atoms with Crippen LogP contribution < -0.4 is 9.80 Å². The van der Waals surface area contributed by atoms with Gasteiger partial charge in [-0.2, -0.15) is 13.2 Å². The van der Waals surface area contributed by atoms with Crippen molar-refractivity contribution < 1.29 is 27.5 Å². The zero-order valence-electron chi connectivity index (χ0n) is 21.1. The molecule has 0 spiro atoms. The van der Waals surface area contributed by atoms with Crippen LogP contribution in [0.4, 0.5) is 29.1 Å². The van der Waals surface area contributed by atoms with Crippen LogP contribution in [0, 0.1) is 18.7 Å². The predicted octanol–water partition coefficient (Wildman–Crippen LogP) is 5.05. The van der Waals surface area contributed by atoms with Crippen molar-refractivity contribution in [1.82, 2.24) is 9.88 Å². The number of aliphatic hydroxyl groups is 1. The SMILES string of the molecule is Cc1cc(C(F)(F)F)cc(N2[C@@H]3CC[C@@H](C3)[C@H]2C(=O)N(CCCN2CC[C@@H](O)C2)c2ccc(F)c(Cl)c2)n1. The number of halogens is 5. The summed E-state index contributed by atoms with van der Waals surface area (Å²) in [7, 11) is 0. The minimum absolute atomic E-state index is 0.0173. The van der Waals surface area contributed by atoms with Crippen LogP contribution in [-0.4, -0.2) is 65.3 Å². The molecule has 2 aliphatic heterocycles. The van der Waals surface area contributed by atoms with E-state index >= 15 is 0 Å². The molecular weight excluding hydrogens is 524 g/mol. The Hall–Kier alpha value is -2.43. The Morgan fingerprint density at radius 2 is 2.00 bits per heavy atom. The fourth-order valence-electron chi connectivity index (χ4n) is 6.23. The van der Waals surface area contributed by atoms with E-state index in [1.807, 2.05) is 0 Å². The van der Waals surface area contributed by atoms with Crippen molar-refractivity contribution in [3.8, 4) is 0 Å². The maximum absolute atomic E-state index is 14.2. The highest BCUT2D eigenvalue weighted by atomic mass is 35.5. The highest BCUT2D eigenvalue weighted by molar-refractivity contribution is 6.31. The third kappa shape index (κ3) is 5.49. The maximum Gasteiger partial charge on any atom is 0.416 e. The zero-order valence-corrected chi connectivity index (χ0v) is 21.9. The number of carbonyl (C=O) groups excluding carboxylic acids is 1. The summed E-state index contributed by atoms with van der Waals surface area (Å²) in [5, 5.41) is 9.71. The Morgan fingerprint density at radius 1 is 1.21 bits per heavy atom. The molecule has 3 fully saturated rings. The zero-order chi connectivity index (χ0) is 27.2. The fourth-order valence-corrected chi connectivity index (χ4v) is 6.40. The molecular formula is C27H31ClF4N4O2. The second-order valence-electron chi connectivity index (χ2n) is 10.6. The number of aromatic nitrogens is 1. The normalized spacial score (nSPS) is 25.4. The molecule has 3 aliphatic rings. The van der Waals surface area contributed by atoms with Crippen molar-refractivity contribution in [1.29, 1.82) is 0 Å². The van der Waals surface area contributed by atoms with Gasteiger partial charge in [0, 0.05) is 37.1 Å². The molecule has 0 unspecified atom stereocenters. The van der Waals surface area contributed by atoms with E-state index in [2.05, 4.69) is 9.88 Å². The number of anilines is 2. The van der Waals surface area contributed by atoms with E-state index in [-0.39, 0.29) is 40.5 Å². The Balaban J connectivity index is 1.45. The number of carbonyl (C=O) groups is 1. The lowest BCUT2D eigenvalue weighted by Crippen LogP contribution is -2.53. The number of piperidine rings is 1. The lowest BCUT2D eigenvalue weighted by Gasteiger charge is -2.38. The summed E-state index contributed by atoms with van der Waals surface area (Å²) < 4.78 is 54.8. The van der Waals surface area contributed by atoms with Crippen molar-refractivity contribution in [2.24, 2.45) is 5.92 Å². The number of alkyl halides is 3. The van der Waals surface area contributed by atoms with E-state index in [9.17, 15) is 27.5 Å². The fraction of sp³-hybridized carbons (Fsp3) is 0.556. The monoisotopic (exact) mass is 554 g/mol. The quantitative estimate of drug-likeness (QED) is 0.486. The van der Waals surface area contributed by atoms with Gasteiger partial charge in [0.1, 0.15) is 17.7 Å². The number of β-amino-alcohol motifs (C(OH)–C–C–N with tert-alkyl or cyclic N) is 1. The Bertz CT molecular complexity index is 1200. The molecule has 38 heavy (non-hydrogen) atoms. The number of benzene rings is 1. The van der Waals surface area contributed by atoms with Crippen LogP contribution in [0.15, 0.2) is 30.3 Å². The van der Waals surface area contributed by atoms with Gasteiger partial charge in [-0.1, -0.05) is 11.6 Å². The third-order valence-corrected chi connectivity index (χ3v) is 8.24. The summed E-state index contributed by atoms with van der Waals surface area (Å²) in [6.07, 6.45) is -1.27. The van der Waals surface area contributed by atoms with Crippen molar-refractivity contribution in [3.63, 3.8) is 0 Å². The number of nitrogens with zero attached hydrogens (tertiary/aromatic N) is 4. The van der Waals surface area contributed by atoms with Gasteiger partial charge in [0.15, 0.2) is 0 Å². The number of aliphatic hydroxyl groups excluding tert-OH is 1. The minimum atomic E-state index is -4.53. The molecule has 3 heterocycles. The second kappa shape index (κ2) is 10.6. The molecule has 1 aliphatic carbocycles. The third-order valence-electron chi connectivity index (χ3n) is 7.95. The Morgan fingerprint density at radius 3 is 2.68 bits per heavy atom. The van der Waals surface area contributed by atoms with Crippen molar-refractivity contribution in [3.05, 3.63) is 52.4 Å². The molecule has 206 valence electrons. The van der Waals surface area contributed by atoms with E-state index in [0.717, 1.165) is 31.5 Å². The lowest BCUT2D eigenvalue weighted by atomic mass is 9.96. The van der Waals surface area contributed by atoms with Crippen LogP contribution in [0.25, 0.3) is 0 Å². The van der Waals surface area contributed by atoms with Crippen LogP contribution in [0.3, 0.4) is 0 Å². The van der Waals surface area contributed by atoms with Gasteiger partial charge in [-0.3, -0.25) is 4.79 Å². The average Bonchev–Trinajstić information content (AvgIpc) is 3.58. The number of likely N-dealkylation sites (tertiary alicyclic amines) is 1. The number of amides is 1. The first kappa shape index (κ1) is 27.1. The molecule has 1 N–H and O–H groups in total. The van der Waals surface area contributed by atoms with Gasteiger partial charge in [-0.15, -0.1) is 0 Å². The highest BCUT2D eigenvalue weighted by Gasteiger charge is 2.51. The summed E-state index contributed by atoms with van der Waals surface area (Å²) in [6.45, 7) is 3.87. The van der Waals surface area contributed by atoms with Crippen LogP contribution in [0.2, 0.25) is 5.02 Å².